The van der Waals surface area contributed by atoms with Gasteiger partial charge in [0.1, 0.15) is 11.8 Å². The van der Waals surface area contributed by atoms with Crippen LogP contribution in [0.2, 0.25) is 0 Å². The van der Waals surface area contributed by atoms with Gasteiger partial charge in [-0.25, -0.2) is 0 Å². The second-order valence-corrected chi connectivity index (χ2v) is 7.78. The van der Waals surface area contributed by atoms with Crippen LogP contribution in [0, 0.1) is 11.8 Å². The fraction of sp³-hybridized carbons (Fsp3) is 0.471. The number of anilines is 1. The van der Waals surface area contributed by atoms with Crippen molar-refractivity contribution < 1.29 is 24.4 Å². The molecule has 4 atom stereocenters. The summed E-state index contributed by atoms with van der Waals surface area (Å²) in [6, 6.07) is 5.38. The van der Waals surface area contributed by atoms with E-state index in [-0.39, 0.29) is 36.9 Å². The Morgan fingerprint density at radius 2 is 2.08 bits per heavy atom. The third-order valence-corrected chi connectivity index (χ3v) is 6.09. The lowest BCUT2D eigenvalue weighted by Gasteiger charge is -2.25. The smallest absolute Gasteiger partial charge is 0.291 e. The maximum atomic E-state index is 13.1. The number of likely N-dealkylation sites (tertiary alicyclic amines) is 1. The summed E-state index contributed by atoms with van der Waals surface area (Å²) in [5.74, 6) is -1.91. The summed E-state index contributed by atoms with van der Waals surface area (Å²) < 4.78 is 5.85. The first-order chi connectivity index (χ1) is 11.9. The average Bonchev–Trinajstić information content (AvgIpc) is 3.12. The zero-order chi connectivity index (χ0) is 17.9. The van der Waals surface area contributed by atoms with Gasteiger partial charge in [0.25, 0.3) is 5.91 Å². The maximum Gasteiger partial charge on any atom is 0.291 e. The minimum atomic E-state index is -1.09. The lowest BCUT2D eigenvalue weighted by molar-refractivity contribution is -0.730. The highest BCUT2D eigenvalue weighted by molar-refractivity contribution is 9.10. The zero-order valence-electron chi connectivity index (χ0n) is 13.9. The molecule has 1 aromatic rings. The topological polar surface area (TPSA) is 92.3 Å². The quantitative estimate of drug-likeness (QED) is 0.677. The number of quaternary nitrogens is 1. The van der Waals surface area contributed by atoms with Gasteiger partial charge in [0, 0.05) is 17.1 Å². The van der Waals surface area contributed by atoms with Crippen LogP contribution in [-0.4, -0.2) is 48.9 Å². The number of nitrogens with zero attached hydrogens (tertiary/aromatic N) is 1. The third kappa shape index (κ3) is 2.07. The SMILES string of the molecule is COCCN1C(=O)[C@@H]2[C@H](C)[NH2+][C@]3(C(=O)Nc4ccc(Br)cc43)[C@@H]2C1=O. The van der Waals surface area contributed by atoms with Gasteiger partial charge in [0.2, 0.25) is 17.4 Å². The maximum absolute atomic E-state index is 13.1. The predicted molar refractivity (Wildman–Crippen MR) is 91.4 cm³/mol. The first-order valence-corrected chi connectivity index (χ1v) is 9.02. The number of fused-ring (bicyclic) bond motifs is 4. The van der Waals surface area contributed by atoms with Crippen LogP contribution >= 0.6 is 15.9 Å². The van der Waals surface area contributed by atoms with E-state index in [4.69, 9.17) is 4.74 Å². The molecule has 0 bridgehead atoms. The number of carbonyl (C=O) groups excluding carboxylic acids is 3. The largest absolute Gasteiger partial charge is 0.383 e. The van der Waals surface area contributed by atoms with E-state index in [1.807, 2.05) is 30.4 Å². The predicted octanol–water partition coefficient (Wildman–Crippen LogP) is -0.190. The number of rotatable bonds is 3. The van der Waals surface area contributed by atoms with Gasteiger partial charge < -0.3 is 15.4 Å². The van der Waals surface area contributed by atoms with E-state index in [0.717, 1.165) is 10.0 Å². The Bertz CT molecular complexity index is 798. The number of benzene rings is 1. The van der Waals surface area contributed by atoms with E-state index in [1.54, 1.807) is 0 Å². The second kappa shape index (κ2) is 5.62. The Hall–Kier alpha value is -1.77. The highest BCUT2D eigenvalue weighted by Gasteiger charge is 2.73. The second-order valence-electron chi connectivity index (χ2n) is 6.86. The molecular formula is C17H19BrN3O4+. The van der Waals surface area contributed by atoms with Crippen LogP contribution < -0.4 is 10.6 Å². The number of ether oxygens (including phenoxy) is 1. The fourth-order valence-electron chi connectivity index (χ4n) is 4.57. The van der Waals surface area contributed by atoms with Crippen molar-refractivity contribution in [2.45, 2.75) is 18.5 Å². The summed E-state index contributed by atoms with van der Waals surface area (Å²) in [5.41, 5.74) is 0.381. The number of carbonyl (C=O) groups is 3. The van der Waals surface area contributed by atoms with Gasteiger partial charge in [-0.3, -0.25) is 19.3 Å². The number of hydrogen-bond donors (Lipinski definition) is 2. The number of nitrogens with one attached hydrogen (secondary N) is 1. The molecule has 2 saturated heterocycles. The van der Waals surface area contributed by atoms with Crippen molar-refractivity contribution in [1.82, 2.24) is 4.90 Å². The van der Waals surface area contributed by atoms with Crippen LogP contribution in [0.1, 0.15) is 12.5 Å². The highest BCUT2D eigenvalue weighted by Crippen LogP contribution is 2.49. The molecule has 3 N–H and O–H groups in total. The van der Waals surface area contributed by atoms with Gasteiger partial charge in [0.15, 0.2) is 0 Å². The van der Waals surface area contributed by atoms with Gasteiger partial charge in [-0.15, -0.1) is 0 Å². The monoisotopic (exact) mass is 408 g/mol. The summed E-state index contributed by atoms with van der Waals surface area (Å²) in [6.07, 6.45) is 0. The molecule has 3 amide bonds. The average molecular weight is 409 g/mol. The zero-order valence-corrected chi connectivity index (χ0v) is 15.5. The number of methoxy groups -OCH3 is 1. The summed E-state index contributed by atoms with van der Waals surface area (Å²) in [4.78, 5) is 40.1. The number of amides is 3. The van der Waals surface area contributed by atoms with E-state index in [2.05, 4.69) is 21.2 Å². The van der Waals surface area contributed by atoms with Gasteiger partial charge in [0.05, 0.1) is 24.9 Å². The molecule has 0 unspecified atom stereocenters. The van der Waals surface area contributed by atoms with E-state index >= 15 is 0 Å². The van der Waals surface area contributed by atoms with Crippen LogP contribution in [0.25, 0.3) is 0 Å². The van der Waals surface area contributed by atoms with Crippen LogP contribution in [-0.2, 0) is 24.7 Å². The standard InChI is InChI=1S/C17H18BrN3O4/c1-8-12-13(15(23)21(14(12)22)5-6-25-2)17(20-8)10-7-9(18)3-4-11(10)19-16(17)24/h3-4,7-8,12-13,20H,5-6H2,1-2H3,(H,19,24)/p+1/t8-,12+,13-,17-/m0/s1. The van der Waals surface area contributed by atoms with Crippen molar-refractivity contribution in [3.05, 3.63) is 28.2 Å². The van der Waals surface area contributed by atoms with E-state index in [9.17, 15) is 14.4 Å². The molecule has 8 heteroatoms. The lowest BCUT2D eigenvalue weighted by Crippen LogP contribution is -2.98. The van der Waals surface area contributed by atoms with Crippen molar-refractivity contribution >= 4 is 39.3 Å². The molecule has 0 saturated carbocycles. The number of nitrogens with two attached hydrogens (primary N) is 1. The van der Waals surface area contributed by atoms with Gasteiger partial charge in [-0.05, 0) is 25.1 Å². The summed E-state index contributed by atoms with van der Waals surface area (Å²) in [6.45, 7) is 2.41. The van der Waals surface area contributed by atoms with Gasteiger partial charge >= 0.3 is 0 Å². The summed E-state index contributed by atoms with van der Waals surface area (Å²) >= 11 is 3.44. The number of imide groups is 1. The minimum absolute atomic E-state index is 0.162. The molecule has 2 fully saturated rings. The molecular weight excluding hydrogens is 390 g/mol. The normalized spacial score (nSPS) is 33.2. The summed E-state index contributed by atoms with van der Waals surface area (Å²) in [5, 5.41) is 4.77. The Labute approximate surface area is 153 Å². The lowest BCUT2D eigenvalue weighted by atomic mass is 9.76. The van der Waals surface area contributed by atoms with Crippen molar-refractivity contribution in [2.75, 3.05) is 25.6 Å². The number of hydrogen-bond acceptors (Lipinski definition) is 4. The van der Waals surface area contributed by atoms with Crippen molar-refractivity contribution in [2.24, 2.45) is 11.8 Å². The van der Waals surface area contributed by atoms with Crippen LogP contribution in [0.15, 0.2) is 22.7 Å². The molecule has 0 aromatic heterocycles. The molecule has 3 heterocycles. The molecule has 0 aliphatic carbocycles. The van der Waals surface area contributed by atoms with Crippen molar-refractivity contribution in [1.29, 1.82) is 0 Å². The Morgan fingerprint density at radius 3 is 2.80 bits per heavy atom. The van der Waals surface area contributed by atoms with Crippen molar-refractivity contribution in [3.8, 4) is 0 Å². The first-order valence-electron chi connectivity index (χ1n) is 8.23. The molecule has 3 aliphatic heterocycles. The molecule has 4 rings (SSSR count). The first kappa shape index (κ1) is 16.7. The fourth-order valence-corrected chi connectivity index (χ4v) is 4.94. The molecule has 132 valence electrons. The van der Waals surface area contributed by atoms with E-state index in [0.29, 0.717) is 5.69 Å². The minimum Gasteiger partial charge on any atom is -0.383 e. The van der Waals surface area contributed by atoms with Crippen LogP contribution in [0.5, 0.6) is 0 Å². The Kier molecular flexibility index (Phi) is 3.75. The van der Waals surface area contributed by atoms with E-state index < -0.39 is 17.4 Å². The molecule has 0 radical (unpaired) electrons. The molecule has 3 aliphatic rings. The van der Waals surface area contributed by atoms with Crippen LogP contribution in [0.3, 0.4) is 0 Å². The molecule has 25 heavy (non-hydrogen) atoms. The highest BCUT2D eigenvalue weighted by atomic mass is 79.9. The molecule has 1 spiro atoms. The van der Waals surface area contributed by atoms with Gasteiger partial charge in [-0.1, -0.05) is 15.9 Å². The molecule has 1 aromatic carbocycles. The number of halogens is 1. The van der Waals surface area contributed by atoms with Crippen molar-refractivity contribution in [3.63, 3.8) is 0 Å². The summed E-state index contributed by atoms with van der Waals surface area (Å²) in [7, 11) is 1.53. The van der Waals surface area contributed by atoms with Crippen LogP contribution in [0.4, 0.5) is 5.69 Å². The Morgan fingerprint density at radius 1 is 1.32 bits per heavy atom. The molecule has 7 nitrogen and oxygen atoms in total. The van der Waals surface area contributed by atoms with E-state index in [1.165, 1.54) is 12.0 Å². The van der Waals surface area contributed by atoms with Gasteiger partial charge in [-0.2, -0.15) is 0 Å². The Balaban J connectivity index is 1.83. The third-order valence-electron chi connectivity index (χ3n) is 5.60.